The highest BCUT2D eigenvalue weighted by Gasteiger charge is 2.50. The second kappa shape index (κ2) is 1.56. The van der Waals surface area contributed by atoms with Gasteiger partial charge in [-0.3, -0.25) is 0 Å². The van der Waals surface area contributed by atoms with Crippen molar-refractivity contribution >= 4 is 0 Å². The molecule has 10 heavy (non-hydrogen) atoms. The van der Waals surface area contributed by atoms with Crippen molar-refractivity contribution in [2.75, 3.05) is 0 Å². The highest BCUT2D eigenvalue weighted by atomic mass is 19.1. The molecule has 0 amide bonds. The molecule has 1 aromatic heterocycles. The molecular weight excluding hydrogens is 135 g/mol. The van der Waals surface area contributed by atoms with Crippen LogP contribution in [0.3, 0.4) is 0 Å². The van der Waals surface area contributed by atoms with Gasteiger partial charge in [-0.25, -0.2) is 4.39 Å². The zero-order valence-electron chi connectivity index (χ0n) is 5.59. The molecule has 1 aliphatic carbocycles. The second-order valence-corrected chi connectivity index (χ2v) is 2.61. The number of halogens is 1. The summed E-state index contributed by atoms with van der Waals surface area (Å²) in [6.45, 7) is 1.68. The molecular formula is C6H7FN2O. The first-order chi connectivity index (χ1) is 4.71. The molecule has 1 aliphatic rings. The number of aromatic nitrogens is 2. The first-order valence-electron chi connectivity index (χ1n) is 3.20. The monoisotopic (exact) mass is 142 g/mol. The number of aryl methyl sites for hydroxylation is 1. The van der Waals surface area contributed by atoms with Crippen molar-refractivity contribution in [2.24, 2.45) is 0 Å². The van der Waals surface area contributed by atoms with Crippen molar-refractivity contribution in [2.45, 2.75) is 25.4 Å². The number of rotatable bonds is 1. The molecule has 0 spiro atoms. The van der Waals surface area contributed by atoms with Gasteiger partial charge in [-0.1, -0.05) is 5.16 Å². The molecule has 54 valence electrons. The minimum Gasteiger partial charge on any atom is -0.336 e. The third kappa shape index (κ3) is 0.716. The maximum atomic E-state index is 13.0. The molecule has 0 aliphatic heterocycles. The lowest BCUT2D eigenvalue weighted by Crippen LogP contribution is -1.96. The van der Waals surface area contributed by atoms with E-state index < -0.39 is 5.67 Å². The summed E-state index contributed by atoms with van der Waals surface area (Å²) in [6, 6.07) is 0. The Morgan fingerprint density at radius 2 is 2.30 bits per heavy atom. The zero-order valence-corrected chi connectivity index (χ0v) is 5.59. The minimum absolute atomic E-state index is 0.144. The van der Waals surface area contributed by atoms with E-state index in [4.69, 9.17) is 0 Å². The topological polar surface area (TPSA) is 38.9 Å². The maximum absolute atomic E-state index is 13.0. The van der Waals surface area contributed by atoms with E-state index in [1.54, 1.807) is 6.92 Å². The summed E-state index contributed by atoms with van der Waals surface area (Å²) < 4.78 is 17.7. The Hall–Kier alpha value is -0.930. The molecule has 4 heteroatoms. The van der Waals surface area contributed by atoms with E-state index in [-0.39, 0.29) is 5.89 Å². The Balaban J connectivity index is 2.34. The maximum Gasteiger partial charge on any atom is 0.264 e. The standard InChI is InChI=1S/C6H7FN2O/c1-4-8-5(10-9-4)6(7)2-3-6/h2-3H2,1H3. The predicted molar refractivity (Wildman–Crippen MR) is 31.1 cm³/mol. The predicted octanol–water partition coefficient (Wildman–Crippen LogP) is 1.34. The van der Waals surface area contributed by atoms with Crippen LogP contribution < -0.4 is 0 Å². The van der Waals surface area contributed by atoms with E-state index in [2.05, 4.69) is 14.7 Å². The van der Waals surface area contributed by atoms with E-state index in [0.717, 1.165) is 0 Å². The molecule has 0 unspecified atom stereocenters. The molecule has 1 aromatic rings. The summed E-state index contributed by atoms with van der Waals surface area (Å²) in [6.07, 6.45) is 1.04. The average molecular weight is 142 g/mol. The van der Waals surface area contributed by atoms with Crippen molar-refractivity contribution in [1.29, 1.82) is 0 Å². The Labute approximate surface area is 57.2 Å². The van der Waals surface area contributed by atoms with Crippen LogP contribution in [0.5, 0.6) is 0 Å². The van der Waals surface area contributed by atoms with Crippen molar-refractivity contribution in [3.8, 4) is 0 Å². The van der Waals surface area contributed by atoms with Crippen LogP contribution in [0, 0.1) is 6.92 Å². The summed E-state index contributed by atoms with van der Waals surface area (Å²) in [5, 5.41) is 3.50. The lowest BCUT2D eigenvalue weighted by Gasteiger charge is -1.91. The number of alkyl halides is 1. The first kappa shape index (κ1) is 5.82. The summed E-state index contributed by atoms with van der Waals surface area (Å²) in [5.74, 6) is 0.643. The molecule has 0 N–H and O–H groups in total. The largest absolute Gasteiger partial charge is 0.336 e. The molecule has 1 fully saturated rings. The Kier molecular flexibility index (Phi) is 0.910. The van der Waals surface area contributed by atoms with E-state index in [1.165, 1.54) is 0 Å². The van der Waals surface area contributed by atoms with Gasteiger partial charge in [0, 0.05) is 0 Å². The van der Waals surface area contributed by atoms with Crippen molar-refractivity contribution in [1.82, 2.24) is 10.1 Å². The molecule has 2 rings (SSSR count). The van der Waals surface area contributed by atoms with Gasteiger partial charge in [-0.05, 0) is 19.8 Å². The lowest BCUT2D eigenvalue weighted by molar-refractivity contribution is 0.225. The van der Waals surface area contributed by atoms with Crippen molar-refractivity contribution in [3.63, 3.8) is 0 Å². The molecule has 0 aromatic carbocycles. The molecule has 3 nitrogen and oxygen atoms in total. The van der Waals surface area contributed by atoms with Crippen LogP contribution in [-0.2, 0) is 5.67 Å². The van der Waals surface area contributed by atoms with Crippen LogP contribution in [-0.4, -0.2) is 10.1 Å². The fraction of sp³-hybridized carbons (Fsp3) is 0.667. The van der Waals surface area contributed by atoms with Crippen LogP contribution >= 0.6 is 0 Å². The molecule has 0 radical (unpaired) electrons. The fourth-order valence-corrected chi connectivity index (χ4v) is 0.803. The fourth-order valence-electron chi connectivity index (χ4n) is 0.803. The van der Waals surface area contributed by atoms with E-state index in [1.807, 2.05) is 0 Å². The first-order valence-corrected chi connectivity index (χ1v) is 3.20. The summed E-state index contributed by atoms with van der Waals surface area (Å²) in [7, 11) is 0. The van der Waals surface area contributed by atoms with Crippen LogP contribution in [0.2, 0.25) is 0 Å². The zero-order chi connectivity index (χ0) is 7.19. The molecule has 1 saturated carbocycles. The summed E-state index contributed by atoms with van der Waals surface area (Å²) >= 11 is 0. The smallest absolute Gasteiger partial charge is 0.264 e. The third-order valence-electron chi connectivity index (χ3n) is 1.60. The van der Waals surface area contributed by atoms with E-state index in [0.29, 0.717) is 18.7 Å². The van der Waals surface area contributed by atoms with Crippen LogP contribution in [0.4, 0.5) is 4.39 Å². The Morgan fingerprint density at radius 1 is 1.60 bits per heavy atom. The van der Waals surface area contributed by atoms with Gasteiger partial charge in [0.2, 0.25) is 0 Å². The van der Waals surface area contributed by atoms with Crippen molar-refractivity contribution < 1.29 is 8.91 Å². The highest BCUT2D eigenvalue weighted by Crippen LogP contribution is 2.48. The third-order valence-corrected chi connectivity index (χ3v) is 1.60. The quantitative estimate of drug-likeness (QED) is 0.593. The lowest BCUT2D eigenvalue weighted by atomic mass is 10.4. The van der Waals surface area contributed by atoms with Crippen LogP contribution in [0.1, 0.15) is 24.6 Å². The number of hydrogen-bond donors (Lipinski definition) is 0. The number of nitrogens with zero attached hydrogens (tertiary/aromatic N) is 2. The molecule has 1 heterocycles. The Bertz CT molecular complexity index is 254. The SMILES string of the molecule is Cc1noc(C2(F)CC2)n1. The Morgan fingerprint density at radius 3 is 2.70 bits per heavy atom. The van der Waals surface area contributed by atoms with Gasteiger partial charge in [0.05, 0.1) is 0 Å². The molecule has 0 saturated heterocycles. The second-order valence-electron chi connectivity index (χ2n) is 2.61. The van der Waals surface area contributed by atoms with Gasteiger partial charge in [-0.2, -0.15) is 4.98 Å². The summed E-state index contributed by atoms with van der Waals surface area (Å²) in [5.41, 5.74) is -1.28. The highest BCUT2D eigenvalue weighted by molar-refractivity contribution is 5.07. The minimum atomic E-state index is -1.28. The van der Waals surface area contributed by atoms with Gasteiger partial charge < -0.3 is 4.52 Å². The van der Waals surface area contributed by atoms with Gasteiger partial charge in [0.25, 0.3) is 5.89 Å². The van der Waals surface area contributed by atoms with E-state index in [9.17, 15) is 4.39 Å². The molecule has 0 bridgehead atoms. The average Bonchev–Trinajstić information content (AvgIpc) is 2.45. The van der Waals surface area contributed by atoms with Gasteiger partial charge in [0.1, 0.15) is 0 Å². The molecule has 0 atom stereocenters. The van der Waals surface area contributed by atoms with Gasteiger partial charge >= 0.3 is 0 Å². The number of hydrogen-bond acceptors (Lipinski definition) is 3. The van der Waals surface area contributed by atoms with E-state index >= 15 is 0 Å². The van der Waals surface area contributed by atoms with Gasteiger partial charge in [-0.15, -0.1) is 0 Å². The van der Waals surface area contributed by atoms with Gasteiger partial charge in [0.15, 0.2) is 11.5 Å². The van der Waals surface area contributed by atoms with Crippen LogP contribution in [0.15, 0.2) is 4.52 Å². The summed E-state index contributed by atoms with van der Waals surface area (Å²) in [4.78, 5) is 3.79. The van der Waals surface area contributed by atoms with Crippen LogP contribution in [0.25, 0.3) is 0 Å². The normalized spacial score (nSPS) is 21.0. The van der Waals surface area contributed by atoms with Crippen molar-refractivity contribution in [3.05, 3.63) is 11.7 Å².